The zero-order chi connectivity index (χ0) is 12.8. The molecule has 0 aromatic heterocycles. The second-order valence-electron chi connectivity index (χ2n) is 5.94. The van der Waals surface area contributed by atoms with E-state index in [1.807, 2.05) is 0 Å². The first kappa shape index (κ1) is 13.6. The summed E-state index contributed by atoms with van der Waals surface area (Å²) in [5.74, 6) is 1.54. The fourth-order valence-electron chi connectivity index (χ4n) is 3.37. The predicted molar refractivity (Wildman–Crippen MR) is 78.6 cm³/mol. The van der Waals surface area contributed by atoms with E-state index >= 15 is 0 Å². The Labute approximate surface area is 112 Å². The van der Waals surface area contributed by atoms with Gasteiger partial charge in [0, 0.05) is 0 Å². The summed E-state index contributed by atoms with van der Waals surface area (Å²) in [6.07, 6.45) is 9.64. The molecule has 0 saturated heterocycles. The first-order valence-corrected chi connectivity index (χ1v) is 7.55. The minimum Gasteiger partial charge on any atom is -0.330 e. The van der Waals surface area contributed by atoms with Gasteiger partial charge >= 0.3 is 0 Å². The van der Waals surface area contributed by atoms with Gasteiger partial charge in [-0.1, -0.05) is 68.4 Å². The zero-order valence-electron chi connectivity index (χ0n) is 11.7. The highest BCUT2D eigenvalue weighted by Gasteiger charge is 2.21. The minimum atomic E-state index is 0.685. The van der Waals surface area contributed by atoms with Crippen molar-refractivity contribution in [3.63, 3.8) is 0 Å². The highest BCUT2D eigenvalue weighted by atomic mass is 14.6. The number of hydrogen-bond acceptors (Lipinski definition) is 1. The number of benzene rings is 1. The van der Waals surface area contributed by atoms with Gasteiger partial charge in [-0.15, -0.1) is 0 Å². The Morgan fingerprint density at radius 1 is 1.17 bits per heavy atom. The predicted octanol–water partition coefficient (Wildman–Crippen LogP) is 4.08. The standard InChI is InChI=1S/C17H27N/c1-14-7-6-8-15(11-14)12-17(13-18)16-9-4-2-3-5-10-16/h6-8,11,16-17H,2-5,9-10,12-13,18H2,1H3. The van der Waals surface area contributed by atoms with Crippen LogP contribution in [0, 0.1) is 18.8 Å². The van der Waals surface area contributed by atoms with Gasteiger partial charge in [-0.2, -0.15) is 0 Å². The minimum absolute atomic E-state index is 0.685. The van der Waals surface area contributed by atoms with Gasteiger partial charge < -0.3 is 5.73 Å². The second kappa shape index (κ2) is 6.94. The molecule has 100 valence electrons. The molecule has 1 aromatic carbocycles. The molecule has 2 rings (SSSR count). The topological polar surface area (TPSA) is 26.0 Å². The van der Waals surface area contributed by atoms with Gasteiger partial charge in [0.15, 0.2) is 0 Å². The molecule has 1 aliphatic rings. The van der Waals surface area contributed by atoms with Gasteiger partial charge in [-0.25, -0.2) is 0 Å². The van der Waals surface area contributed by atoms with Crippen molar-refractivity contribution < 1.29 is 0 Å². The van der Waals surface area contributed by atoms with Crippen LogP contribution in [0.25, 0.3) is 0 Å². The molecule has 1 aromatic rings. The van der Waals surface area contributed by atoms with Crippen LogP contribution in [0.2, 0.25) is 0 Å². The van der Waals surface area contributed by atoms with E-state index in [0.29, 0.717) is 5.92 Å². The SMILES string of the molecule is Cc1cccc(CC(CN)C2CCCCCC2)c1. The van der Waals surface area contributed by atoms with E-state index in [-0.39, 0.29) is 0 Å². The molecule has 0 radical (unpaired) electrons. The molecule has 0 amide bonds. The van der Waals surface area contributed by atoms with Gasteiger partial charge in [0.2, 0.25) is 0 Å². The molecule has 18 heavy (non-hydrogen) atoms. The van der Waals surface area contributed by atoms with Gasteiger partial charge in [0.25, 0.3) is 0 Å². The molecule has 1 unspecified atom stereocenters. The van der Waals surface area contributed by atoms with Gasteiger partial charge in [-0.3, -0.25) is 0 Å². The lowest BCUT2D eigenvalue weighted by molar-refractivity contribution is 0.302. The van der Waals surface area contributed by atoms with Crippen LogP contribution in [0.1, 0.15) is 49.7 Å². The van der Waals surface area contributed by atoms with Crippen molar-refractivity contribution in [1.29, 1.82) is 0 Å². The van der Waals surface area contributed by atoms with Crippen LogP contribution >= 0.6 is 0 Å². The third-order valence-electron chi connectivity index (χ3n) is 4.45. The Kier molecular flexibility index (Phi) is 5.25. The smallest absolute Gasteiger partial charge is 0.00430 e. The fourth-order valence-corrected chi connectivity index (χ4v) is 3.37. The van der Waals surface area contributed by atoms with Crippen molar-refractivity contribution in [2.75, 3.05) is 6.54 Å². The number of nitrogens with two attached hydrogens (primary N) is 1. The van der Waals surface area contributed by atoms with Crippen molar-refractivity contribution >= 4 is 0 Å². The Morgan fingerprint density at radius 3 is 2.50 bits per heavy atom. The third kappa shape index (κ3) is 3.84. The molecule has 1 fully saturated rings. The molecule has 1 heteroatoms. The highest BCUT2D eigenvalue weighted by Crippen LogP contribution is 2.30. The van der Waals surface area contributed by atoms with Crippen molar-refractivity contribution in [1.82, 2.24) is 0 Å². The highest BCUT2D eigenvalue weighted by molar-refractivity contribution is 5.22. The quantitative estimate of drug-likeness (QED) is 0.795. The summed E-state index contributed by atoms with van der Waals surface area (Å²) in [6.45, 7) is 3.02. The molecule has 1 atom stereocenters. The van der Waals surface area contributed by atoms with Gasteiger partial charge in [0.1, 0.15) is 0 Å². The molecule has 1 nitrogen and oxygen atoms in total. The Morgan fingerprint density at radius 2 is 1.89 bits per heavy atom. The summed E-state index contributed by atoms with van der Waals surface area (Å²) in [6, 6.07) is 8.92. The number of hydrogen-bond donors (Lipinski definition) is 1. The lowest BCUT2D eigenvalue weighted by Gasteiger charge is -2.25. The van der Waals surface area contributed by atoms with Crippen LogP contribution < -0.4 is 5.73 Å². The molecular formula is C17H27N. The van der Waals surface area contributed by atoms with Crippen LogP contribution in [-0.4, -0.2) is 6.54 Å². The average molecular weight is 245 g/mol. The van der Waals surface area contributed by atoms with Crippen LogP contribution in [-0.2, 0) is 6.42 Å². The number of rotatable bonds is 4. The van der Waals surface area contributed by atoms with Crippen molar-refractivity contribution in [2.24, 2.45) is 17.6 Å². The van der Waals surface area contributed by atoms with Gasteiger partial charge in [-0.05, 0) is 37.3 Å². The second-order valence-corrected chi connectivity index (χ2v) is 5.94. The van der Waals surface area contributed by atoms with Crippen LogP contribution in [0.4, 0.5) is 0 Å². The maximum Gasteiger partial charge on any atom is -0.00430 e. The summed E-state index contributed by atoms with van der Waals surface area (Å²) in [7, 11) is 0. The van der Waals surface area contributed by atoms with Crippen LogP contribution in [0.3, 0.4) is 0 Å². The van der Waals surface area contributed by atoms with E-state index in [1.165, 1.54) is 56.1 Å². The molecule has 0 heterocycles. The summed E-state index contributed by atoms with van der Waals surface area (Å²) in [5.41, 5.74) is 8.87. The summed E-state index contributed by atoms with van der Waals surface area (Å²) in [5, 5.41) is 0. The average Bonchev–Trinajstić information content (AvgIpc) is 2.65. The van der Waals surface area contributed by atoms with Crippen molar-refractivity contribution in [3.8, 4) is 0 Å². The maximum absolute atomic E-state index is 6.04. The van der Waals surface area contributed by atoms with E-state index in [0.717, 1.165) is 12.5 Å². The molecule has 0 bridgehead atoms. The van der Waals surface area contributed by atoms with E-state index in [1.54, 1.807) is 0 Å². The summed E-state index contributed by atoms with van der Waals surface area (Å²) < 4.78 is 0. The van der Waals surface area contributed by atoms with E-state index in [2.05, 4.69) is 31.2 Å². The number of aryl methyl sites for hydroxylation is 1. The Hall–Kier alpha value is -0.820. The third-order valence-corrected chi connectivity index (χ3v) is 4.45. The molecule has 1 aliphatic carbocycles. The lowest BCUT2D eigenvalue weighted by Crippen LogP contribution is -2.25. The largest absolute Gasteiger partial charge is 0.330 e. The molecule has 0 aliphatic heterocycles. The lowest BCUT2D eigenvalue weighted by atomic mass is 9.82. The molecule has 2 N–H and O–H groups in total. The monoisotopic (exact) mass is 245 g/mol. The van der Waals surface area contributed by atoms with Gasteiger partial charge in [0.05, 0.1) is 0 Å². The fraction of sp³-hybridized carbons (Fsp3) is 0.647. The van der Waals surface area contributed by atoms with Crippen LogP contribution in [0.5, 0.6) is 0 Å². The first-order valence-electron chi connectivity index (χ1n) is 7.55. The maximum atomic E-state index is 6.04. The first-order chi connectivity index (χ1) is 8.79. The zero-order valence-corrected chi connectivity index (χ0v) is 11.7. The molecule has 1 saturated carbocycles. The van der Waals surface area contributed by atoms with Crippen molar-refractivity contribution in [2.45, 2.75) is 51.9 Å². The van der Waals surface area contributed by atoms with E-state index in [9.17, 15) is 0 Å². The summed E-state index contributed by atoms with van der Waals surface area (Å²) in [4.78, 5) is 0. The van der Waals surface area contributed by atoms with Crippen LogP contribution in [0.15, 0.2) is 24.3 Å². The normalized spacial score (nSPS) is 19.4. The Bertz CT molecular complexity index is 350. The molecular weight excluding hydrogens is 218 g/mol. The van der Waals surface area contributed by atoms with E-state index in [4.69, 9.17) is 5.73 Å². The summed E-state index contributed by atoms with van der Waals surface area (Å²) >= 11 is 0. The Balaban J connectivity index is 1.99. The molecule has 0 spiro atoms. The van der Waals surface area contributed by atoms with E-state index < -0.39 is 0 Å². The van der Waals surface area contributed by atoms with Crippen molar-refractivity contribution in [3.05, 3.63) is 35.4 Å².